The van der Waals surface area contributed by atoms with Gasteiger partial charge in [-0.3, -0.25) is 18.8 Å². The monoisotopic (exact) mass is 645 g/mol. The smallest absolute Gasteiger partial charge is 0.332 e. The lowest BCUT2D eigenvalue weighted by molar-refractivity contribution is 0.146. The van der Waals surface area contributed by atoms with Crippen molar-refractivity contribution in [2.24, 2.45) is 5.92 Å². The molecule has 3 N–H and O–H groups in total. The highest BCUT2D eigenvalue weighted by Gasteiger charge is 2.23. The number of aliphatic hydroxyl groups is 1. The summed E-state index contributed by atoms with van der Waals surface area (Å²) >= 11 is 0. The number of nitrogens with zero attached hydrogens (tertiary/aromatic N) is 3. The fraction of sp³-hybridized carbons (Fsp3) is 0.429. The van der Waals surface area contributed by atoms with Crippen molar-refractivity contribution in [2.75, 3.05) is 17.8 Å². The summed E-state index contributed by atoms with van der Waals surface area (Å²) in [5.41, 5.74) is 2.60. The van der Waals surface area contributed by atoms with E-state index in [0.717, 1.165) is 29.9 Å². The summed E-state index contributed by atoms with van der Waals surface area (Å²) in [4.78, 5) is 17.2. The van der Waals surface area contributed by atoms with Crippen LogP contribution in [-0.2, 0) is 23.0 Å². The lowest BCUT2D eigenvalue weighted by Gasteiger charge is -2.27. The molecule has 0 bridgehead atoms. The Kier molecular flexibility index (Phi) is 10.2. The molecule has 6 rings (SSSR count). The first-order valence-corrected chi connectivity index (χ1v) is 17.8. The second-order valence-corrected chi connectivity index (χ2v) is 14.1. The van der Waals surface area contributed by atoms with Gasteiger partial charge < -0.3 is 15.2 Å². The van der Waals surface area contributed by atoms with E-state index in [9.17, 15) is 18.3 Å². The van der Waals surface area contributed by atoms with Gasteiger partial charge in [0.2, 0.25) is 0 Å². The first-order valence-electron chi connectivity index (χ1n) is 16.3. The minimum atomic E-state index is -3.84. The average molecular weight is 646 g/mol. The van der Waals surface area contributed by atoms with Crippen molar-refractivity contribution < 1.29 is 18.3 Å². The highest BCUT2D eigenvalue weighted by atomic mass is 32.2. The first-order chi connectivity index (χ1) is 22.4. The van der Waals surface area contributed by atoms with Gasteiger partial charge in [0.1, 0.15) is 11.9 Å². The molecule has 1 saturated carbocycles. The highest BCUT2D eigenvalue weighted by Crippen LogP contribution is 2.31. The van der Waals surface area contributed by atoms with Crippen molar-refractivity contribution in [3.8, 4) is 11.4 Å². The molecule has 244 valence electrons. The highest BCUT2D eigenvalue weighted by molar-refractivity contribution is 7.92. The van der Waals surface area contributed by atoms with Crippen LogP contribution in [0.3, 0.4) is 0 Å². The van der Waals surface area contributed by atoms with Gasteiger partial charge in [-0.15, -0.1) is 0 Å². The molecule has 1 aliphatic carbocycles. The summed E-state index contributed by atoms with van der Waals surface area (Å²) in [6.07, 6.45) is 16.4. The molecule has 1 fully saturated rings. The zero-order chi connectivity index (χ0) is 31.9. The Balaban J connectivity index is 1.01. The van der Waals surface area contributed by atoms with Crippen LogP contribution in [0.1, 0.15) is 68.6 Å². The third kappa shape index (κ3) is 7.89. The average Bonchev–Trinajstić information content (AvgIpc) is 3.45. The zero-order valence-electron chi connectivity index (χ0n) is 26.1. The second kappa shape index (κ2) is 14.7. The first kappa shape index (κ1) is 32.0. The molecule has 2 aromatic carbocycles. The van der Waals surface area contributed by atoms with Crippen molar-refractivity contribution in [1.29, 1.82) is 0 Å². The molecule has 3 heterocycles. The molecule has 0 spiro atoms. The Labute approximate surface area is 270 Å². The number of aromatic nitrogens is 3. The molecular formula is C35H43N5O5S. The maximum Gasteiger partial charge on any atom is 0.332 e. The van der Waals surface area contributed by atoms with Gasteiger partial charge >= 0.3 is 5.69 Å². The van der Waals surface area contributed by atoms with Crippen LogP contribution in [0.5, 0.6) is 5.75 Å². The Morgan fingerprint density at radius 2 is 1.85 bits per heavy atom. The molecule has 4 aromatic rings. The third-order valence-corrected chi connectivity index (χ3v) is 10.5. The number of rotatable bonds is 13. The number of nitrogens with one attached hydrogen (secondary N) is 2. The van der Waals surface area contributed by atoms with Crippen LogP contribution in [0.2, 0.25) is 0 Å². The van der Waals surface area contributed by atoms with Gasteiger partial charge in [0, 0.05) is 55.7 Å². The van der Waals surface area contributed by atoms with Gasteiger partial charge in [-0.2, -0.15) is 0 Å². The topological polar surface area (TPSA) is 127 Å². The maximum absolute atomic E-state index is 13.3. The molecule has 2 atom stereocenters. The molecule has 1 aliphatic heterocycles. The van der Waals surface area contributed by atoms with Crippen LogP contribution in [-0.4, -0.2) is 46.8 Å². The number of sulfonamides is 1. The molecule has 0 saturated heterocycles. The normalized spacial score (nSPS) is 17.6. The number of hydrogen-bond acceptors (Lipinski definition) is 7. The molecule has 2 aliphatic rings. The van der Waals surface area contributed by atoms with Crippen LogP contribution in [0, 0.1) is 5.92 Å². The molecule has 46 heavy (non-hydrogen) atoms. The summed E-state index contributed by atoms with van der Waals surface area (Å²) in [5, 5.41) is 13.6. The molecule has 0 unspecified atom stereocenters. The molecular weight excluding hydrogens is 602 g/mol. The number of ether oxygens (including phenoxy) is 1. The molecule has 0 amide bonds. The second-order valence-electron chi connectivity index (χ2n) is 12.5. The van der Waals surface area contributed by atoms with Gasteiger partial charge in [-0.1, -0.05) is 38.2 Å². The zero-order valence-corrected chi connectivity index (χ0v) is 26.9. The molecule has 2 aromatic heterocycles. The van der Waals surface area contributed by atoms with Crippen LogP contribution in [0.15, 0.2) is 89.1 Å². The van der Waals surface area contributed by atoms with Crippen LogP contribution in [0.25, 0.3) is 5.69 Å². The lowest BCUT2D eigenvalue weighted by Crippen LogP contribution is -2.36. The maximum atomic E-state index is 13.3. The van der Waals surface area contributed by atoms with Crippen molar-refractivity contribution >= 4 is 15.7 Å². The van der Waals surface area contributed by atoms with E-state index in [0.29, 0.717) is 43.2 Å². The van der Waals surface area contributed by atoms with Crippen LogP contribution in [0.4, 0.5) is 5.69 Å². The number of benzene rings is 2. The number of aryl methyl sites for hydroxylation is 2. The van der Waals surface area contributed by atoms with Gasteiger partial charge in [-0.05, 0) is 85.7 Å². The van der Waals surface area contributed by atoms with Crippen molar-refractivity contribution in [1.82, 2.24) is 19.4 Å². The van der Waals surface area contributed by atoms with E-state index in [1.165, 1.54) is 38.5 Å². The molecule has 0 radical (unpaired) electrons. The van der Waals surface area contributed by atoms with E-state index in [1.54, 1.807) is 76.3 Å². The van der Waals surface area contributed by atoms with E-state index in [-0.39, 0.29) is 16.7 Å². The predicted molar refractivity (Wildman–Crippen MR) is 178 cm³/mol. The minimum Gasteiger partial charge on any atom is -0.489 e. The Morgan fingerprint density at radius 1 is 1.02 bits per heavy atom. The fourth-order valence-electron chi connectivity index (χ4n) is 6.51. The Hall–Kier alpha value is -3.93. The fourth-order valence-corrected chi connectivity index (χ4v) is 7.62. The third-order valence-electron chi connectivity index (χ3n) is 9.13. The Morgan fingerprint density at radius 3 is 2.63 bits per heavy atom. The lowest BCUT2D eigenvalue weighted by atomic mass is 9.86. The summed E-state index contributed by atoms with van der Waals surface area (Å²) < 4.78 is 38.6. The van der Waals surface area contributed by atoms with Crippen LogP contribution < -0.4 is 20.5 Å². The summed E-state index contributed by atoms with van der Waals surface area (Å²) in [6, 6.07) is 15.4. The Bertz CT molecular complexity index is 1750. The van der Waals surface area contributed by atoms with Crippen LogP contribution >= 0.6 is 0 Å². The number of fused-ring (bicyclic) bond motifs is 1. The van der Waals surface area contributed by atoms with Gasteiger partial charge in [0.05, 0.1) is 16.7 Å². The van der Waals surface area contributed by atoms with Gasteiger partial charge in [0.15, 0.2) is 0 Å². The van der Waals surface area contributed by atoms with Gasteiger partial charge in [-0.25, -0.2) is 13.2 Å². The van der Waals surface area contributed by atoms with Gasteiger partial charge in [0.25, 0.3) is 10.0 Å². The van der Waals surface area contributed by atoms with Crippen molar-refractivity contribution in [2.45, 2.75) is 81.4 Å². The van der Waals surface area contributed by atoms with E-state index in [1.807, 2.05) is 12.3 Å². The summed E-state index contributed by atoms with van der Waals surface area (Å²) in [5.74, 6) is 1.46. The van der Waals surface area contributed by atoms with E-state index in [2.05, 4.69) is 15.0 Å². The quantitative estimate of drug-likeness (QED) is 0.182. The van der Waals surface area contributed by atoms with E-state index < -0.39 is 16.1 Å². The summed E-state index contributed by atoms with van der Waals surface area (Å²) in [6.45, 7) is 1.65. The summed E-state index contributed by atoms with van der Waals surface area (Å²) in [7, 11) is -3.84. The van der Waals surface area contributed by atoms with E-state index in [4.69, 9.17) is 4.74 Å². The molecule has 11 heteroatoms. The van der Waals surface area contributed by atoms with Crippen molar-refractivity contribution in [3.05, 3.63) is 101 Å². The standard InChI is InChI=1S/C35H43N5O5S/c41-33(28-9-4-18-36-23-28)25-37-24-31-15-10-27-22-32(16-17-34(27)45-31)46(43,44)38-29-11-13-30(14-12-29)40-21-20-39(35(40)42)19-5-8-26-6-2-1-3-7-26/h4,9,11-14,16-18,20-23,26,31,33,37-38,41H,1-3,5-8,10,15,19,24-25H2/t31-,33+/m1/s1. The van der Waals surface area contributed by atoms with Crippen molar-refractivity contribution in [3.63, 3.8) is 0 Å². The SMILES string of the molecule is O=c1n(CCCC2CCCCC2)ccn1-c1ccc(NS(=O)(=O)c2ccc3c(c2)CC[C@H](CNC[C@H](O)c2cccnc2)O3)cc1. The largest absolute Gasteiger partial charge is 0.489 e. The van der Waals surface area contributed by atoms with E-state index >= 15 is 0 Å². The number of imidazole rings is 1. The number of anilines is 1. The number of pyridine rings is 1. The minimum absolute atomic E-state index is 0.0846. The predicted octanol–water partition coefficient (Wildman–Crippen LogP) is 5.21. The number of aliphatic hydroxyl groups excluding tert-OH is 1. The number of hydrogen-bond donors (Lipinski definition) is 3. The molecule has 10 nitrogen and oxygen atoms in total.